The first-order chi connectivity index (χ1) is 11.9. The Hall–Kier alpha value is -3.33. The summed E-state index contributed by atoms with van der Waals surface area (Å²) in [5.41, 5.74) is 2.79. The van der Waals surface area contributed by atoms with Crippen molar-refractivity contribution < 1.29 is 0 Å². The first kappa shape index (κ1) is 14.3. The third-order valence-electron chi connectivity index (χ3n) is 3.65. The maximum absolute atomic E-state index is 4.66. The molecular formula is C21H14N3. The Balaban J connectivity index is 1.92. The molecule has 1 heterocycles. The molecule has 0 saturated carbocycles. The van der Waals surface area contributed by atoms with Crippen molar-refractivity contribution in [3.63, 3.8) is 0 Å². The summed E-state index contributed by atoms with van der Waals surface area (Å²) in [7, 11) is 0. The van der Waals surface area contributed by atoms with Crippen LogP contribution in [0.2, 0.25) is 0 Å². The normalized spacial score (nSPS) is 10.5. The molecule has 0 N–H and O–H groups in total. The van der Waals surface area contributed by atoms with Crippen LogP contribution in [0.4, 0.5) is 0 Å². The third kappa shape index (κ3) is 2.92. The zero-order chi connectivity index (χ0) is 16.2. The van der Waals surface area contributed by atoms with Crippen molar-refractivity contribution in [3.05, 3.63) is 91.0 Å². The second kappa shape index (κ2) is 6.42. The van der Waals surface area contributed by atoms with Crippen molar-refractivity contribution in [2.45, 2.75) is 0 Å². The van der Waals surface area contributed by atoms with Crippen molar-refractivity contribution >= 4 is 0 Å². The van der Waals surface area contributed by atoms with Gasteiger partial charge in [0.25, 0.3) is 0 Å². The van der Waals surface area contributed by atoms with Crippen LogP contribution >= 0.6 is 0 Å². The minimum Gasteiger partial charge on any atom is -0.208 e. The quantitative estimate of drug-likeness (QED) is 0.552. The van der Waals surface area contributed by atoms with Crippen LogP contribution < -0.4 is 0 Å². The molecule has 0 unspecified atom stereocenters. The summed E-state index contributed by atoms with van der Waals surface area (Å²) in [5, 5.41) is 0. The van der Waals surface area contributed by atoms with Crippen LogP contribution in [-0.2, 0) is 0 Å². The molecule has 0 saturated heterocycles. The van der Waals surface area contributed by atoms with Crippen LogP contribution in [0.25, 0.3) is 34.2 Å². The van der Waals surface area contributed by atoms with Crippen molar-refractivity contribution in [1.29, 1.82) is 0 Å². The van der Waals surface area contributed by atoms with Crippen molar-refractivity contribution in [2.24, 2.45) is 0 Å². The number of nitrogens with zero attached hydrogens (tertiary/aromatic N) is 3. The van der Waals surface area contributed by atoms with E-state index in [0.29, 0.717) is 17.5 Å². The second-order valence-corrected chi connectivity index (χ2v) is 5.31. The van der Waals surface area contributed by atoms with E-state index >= 15 is 0 Å². The number of hydrogen-bond donors (Lipinski definition) is 0. The maximum atomic E-state index is 4.66. The fourth-order valence-corrected chi connectivity index (χ4v) is 2.46. The first-order valence-electron chi connectivity index (χ1n) is 7.74. The standard InChI is InChI=1S/C21H14N3/c1-4-10-16(11-5-1)19-22-20(17-12-6-2-7-13-17)24-21(23-19)18-14-8-3-9-15-18/h1-14H. The average Bonchev–Trinajstić information content (AvgIpc) is 2.70. The summed E-state index contributed by atoms with van der Waals surface area (Å²) in [6.45, 7) is 0. The zero-order valence-corrected chi connectivity index (χ0v) is 12.9. The molecule has 24 heavy (non-hydrogen) atoms. The van der Waals surface area contributed by atoms with Gasteiger partial charge >= 0.3 is 0 Å². The van der Waals surface area contributed by atoms with Crippen molar-refractivity contribution in [2.75, 3.05) is 0 Å². The van der Waals surface area contributed by atoms with E-state index in [1.165, 1.54) is 0 Å². The molecule has 0 bridgehead atoms. The summed E-state index contributed by atoms with van der Waals surface area (Å²) in [4.78, 5) is 14.0. The Morgan fingerprint density at radius 1 is 0.500 bits per heavy atom. The summed E-state index contributed by atoms with van der Waals surface area (Å²) < 4.78 is 0. The summed E-state index contributed by atoms with van der Waals surface area (Å²) >= 11 is 0. The van der Waals surface area contributed by atoms with Gasteiger partial charge in [-0.15, -0.1) is 0 Å². The lowest BCUT2D eigenvalue weighted by molar-refractivity contribution is 1.07. The van der Waals surface area contributed by atoms with Crippen molar-refractivity contribution in [3.8, 4) is 34.2 Å². The highest BCUT2D eigenvalue weighted by atomic mass is 15.0. The predicted octanol–water partition coefficient (Wildman–Crippen LogP) is 4.67. The van der Waals surface area contributed by atoms with Crippen LogP contribution in [0.15, 0.2) is 84.9 Å². The Kier molecular flexibility index (Phi) is 3.82. The van der Waals surface area contributed by atoms with Crippen LogP contribution in [0.1, 0.15) is 0 Å². The van der Waals surface area contributed by atoms with Crippen LogP contribution in [-0.4, -0.2) is 15.0 Å². The molecule has 3 aromatic carbocycles. The Morgan fingerprint density at radius 2 is 1.00 bits per heavy atom. The highest BCUT2D eigenvalue weighted by Crippen LogP contribution is 2.23. The largest absolute Gasteiger partial charge is 0.208 e. The van der Waals surface area contributed by atoms with Gasteiger partial charge in [0, 0.05) is 16.7 Å². The molecule has 4 rings (SSSR count). The monoisotopic (exact) mass is 308 g/mol. The summed E-state index contributed by atoms with van der Waals surface area (Å²) in [6.07, 6.45) is 0. The molecule has 3 nitrogen and oxygen atoms in total. The average molecular weight is 308 g/mol. The number of benzene rings is 3. The Bertz CT molecular complexity index is 797. The minimum atomic E-state index is 0.628. The lowest BCUT2D eigenvalue weighted by Crippen LogP contribution is -1.99. The topological polar surface area (TPSA) is 38.7 Å². The molecule has 0 aliphatic rings. The molecule has 0 fully saturated rings. The first-order valence-corrected chi connectivity index (χ1v) is 7.74. The molecule has 1 radical (unpaired) electrons. The molecular weight excluding hydrogens is 294 g/mol. The molecule has 0 spiro atoms. The van der Waals surface area contributed by atoms with E-state index in [1.807, 2.05) is 84.9 Å². The molecule has 1 aromatic heterocycles. The lowest BCUT2D eigenvalue weighted by Gasteiger charge is -2.07. The summed E-state index contributed by atoms with van der Waals surface area (Å²) in [6, 6.07) is 30.8. The molecule has 0 aliphatic heterocycles. The summed E-state index contributed by atoms with van der Waals surface area (Å²) in [5.74, 6) is 1.96. The van der Waals surface area contributed by atoms with Gasteiger partial charge in [0.2, 0.25) is 0 Å². The van der Waals surface area contributed by atoms with E-state index in [4.69, 9.17) is 0 Å². The minimum absolute atomic E-state index is 0.628. The van der Waals surface area contributed by atoms with Gasteiger partial charge in [0.15, 0.2) is 17.5 Å². The zero-order valence-electron chi connectivity index (χ0n) is 12.9. The smallest absolute Gasteiger partial charge is 0.164 e. The van der Waals surface area contributed by atoms with Gasteiger partial charge in [0.1, 0.15) is 0 Å². The van der Waals surface area contributed by atoms with E-state index in [9.17, 15) is 0 Å². The lowest BCUT2D eigenvalue weighted by atomic mass is 10.1. The van der Waals surface area contributed by atoms with Crippen LogP contribution in [0.5, 0.6) is 0 Å². The third-order valence-corrected chi connectivity index (χ3v) is 3.65. The van der Waals surface area contributed by atoms with Gasteiger partial charge in [-0.2, -0.15) is 0 Å². The van der Waals surface area contributed by atoms with E-state index in [1.54, 1.807) is 0 Å². The Labute approximate surface area is 140 Å². The Morgan fingerprint density at radius 3 is 1.50 bits per heavy atom. The van der Waals surface area contributed by atoms with Gasteiger partial charge in [0.05, 0.1) is 0 Å². The number of aromatic nitrogens is 3. The van der Waals surface area contributed by atoms with E-state index in [-0.39, 0.29) is 0 Å². The van der Waals surface area contributed by atoms with E-state index < -0.39 is 0 Å². The van der Waals surface area contributed by atoms with Gasteiger partial charge in [-0.1, -0.05) is 84.9 Å². The molecule has 0 aliphatic carbocycles. The maximum Gasteiger partial charge on any atom is 0.164 e. The number of rotatable bonds is 3. The van der Waals surface area contributed by atoms with Gasteiger partial charge in [-0.3, -0.25) is 0 Å². The second-order valence-electron chi connectivity index (χ2n) is 5.31. The molecule has 0 atom stereocenters. The van der Waals surface area contributed by atoms with E-state index in [0.717, 1.165) is 16.7 Å². The number of hydrogen-bond acceptors (Lipinski definition) is 3. The molecule has 0 amide bonds. The van der Waals surface area contributed by atoms with Crippen LogP contribution in [0.3, 0.4) is 0 Å². The molecule has 4 aromatic rings. The highest BCUT2D eigenvalue weighted by Gasteiger charge is 2.11. The predicted molar refractivity (Wildman–Crippen MR) is 95.0 cm³/mol. The van der Waals surface area contributed by atoms with E-state index in [2.05, 4.69) is 21.0 Å². The molecule has 3 heteroatoms. The van der Waals surface area contributed by atoms with Crippen molar-refractivity contribution in [1.82, 2.24) is 15.0 Å². The van der Waals surface area contributed by atoms with Crippen LogP contribution in [0, 0.1) is 6.07 Å². The van der Waals surface area contributed by atoms with Gasteiger partial charge in [-0.25, -0.2) is 15.0 Å². The van der Waals surface area contributed by atoms with Gasteiger partial charge < -0.3 is 0 Å². The SMILES string of the molecule is [c]1ccccc1-c1nc(-c2ccccc2)nc(-c2ccccc2)n1. The molecule has 113 valence electrons. The fourth-order valence-electron chi connectivity index (χ4n) is 2.46. The van der Waals surface area contributed by atoms with Gasteiger partial charge in [-0.05, 0) is 6.07 Å². The fraction of sp³-hybridized carbons (Fsp3) is 0. The highest BCUT2D eigenvalue weighted by molar-refractivity contribution is 5.65.